The maximum atomic E-state index is 12.2. The summed E-state index contributed by atoms with van der Waals surface area (Å²) >= 11 is 0. The molecule has 168 valence electrons. The van der Waals surface area contributed by atoms with E-state index in [-0.39, 0.29) is 17.4 Å². The highest BCUT2D eigenvalue weighted by Gasteiger charge is 2.31. The van der Waals surface area contributed by atoms with Crippen molar-refractivity contribution in [1.82, 2.24) is 9.97 Å². The first-order valence-electron chi connectivity index (χ1n) is 10.6. The number of nitrogens with two attached hydrogens (primary N) is 1. The number of methoxy groups -OCH3 is 1. The van der Waals surface area contributed by atoms with Crippen LogP contribution in [0.15, 0.2) is 51.9 Å². The molecule has 1 unspecified atom stereocenters. The quantitative estimate of drug-likeness (QED) is 0.480. The van der Waals surface area contributed by atoms with Crippen molar-refractivity contribution in [3.63, 3.8) is 0 Å². The Labute approximate surface area is 189 Å². The molecule has 1 aliphatic heterocycles. The first-order valence-corrected chi connectivity index (χ1v) is 10.6. The van der Waals surface area contributed by atoms with Gasteiger partial charge in [-0.05, 0) is 38.0 Å². The standard InChI is InChI=1S/C24H23N5O4/c1-13-8-20(30)15-6-5-14(9-21(15)33-13)28-24-16-10-19(29-7-3-4-18(29)23(25)31)22(32-2)11-17(16)26-12-27-24/h5-6,8-12,18H,3-4,7H2,1-2H3,(H2,25,31)(H,26,27,28). The van der Waals surface area contributed by atoms with Gasteiger partial charge in [-0.25, -0.2) is 9.97 Å². The lowest BCUT2D eigenvalue weighted by Crippen LogP contribution is -2.40. The monoisotopic (exact) mass is 445 g/mol. The Hall–Kier alpha value is -4.14. The number of aromatic nitrogens is 2. The maximum absolute atomic E-state index is 12.2. The number of carbonyl (C=O) groups excluding carboxylic acids is 1. The molecule has 33 heavy (non-hydrogen) atoms. The first kappa shape index (κ1) is 20.7. The summed E-state index contributed by atoms with van der Waals surface area (Å²) in [6.07, 6.45) is 3.04. The van der Waals surface area contributed by atoms with Crippen LogP contribution in [0, 0.1) is 6.92 Å². The molecule has 3 heterocycles. The lowest BCUT2D eigenvalue weighted by Gasteiger charge is -2.26. The van der Waals surface area contributed by atoms with Crippen LogP contribution < -0.4 is 26.1 Å². The second kappa shape index (κ2) is 8.09. The molecular weight excluding hydrogens is 422 g/mol. The molecule has 0 aliphatic carbocycles. The molecule has 0 saturated carbocycles. The molecule has 1 amide bonds. The SMILES string of the molecule is COc1cc2ncnc(Nc3ccc4c(=O)cc(C)oc4c3)c2cc1N1CCCC1C(N)=O. The number of fused-ring (bicyclic) bond motifs is 2. The van der Waals surface area contributed by atoms with Crippen LogP contribution in [0.25, 0.3) is 21.9 Å². The van der Waals surface area contributed by atoms with Crippen molar-refractivity contribution in [2.24, 2.45) is 5.73 Å². The zero-order valence-electron chi connectivity index (χ0n) is 18.3. The second-order valence-electron chi connectivity index (χ2n) is 8.07. The number of benzene rings is 2. The van der Waals surface area contributed by atoms with Crippen LogP contribution in [0.3, 0.4) is 0 Å². The minimum absolute atomic E-state index is 0.0841. The molecule has 1 fully saturated rings. The van der Waals surface area contributed by atoms with Crippen molar-refractivity contribution < 1.29 is 13.9 Å². The predicted molar refractivity (Wildman–Crippen MR) is 126 cm³/mol. The summed E-state index contributed by atoms with van der Waals surface area (Å²) in [5, 5.41) is 4.57. The maximum Gasteiger partial charge on any atom is 0.240 e. The fraction of sp³-hybridized carbons (Fsp3) is 0.250. The van der Waals surface area contributed by atoms with Crippen LogP contribution >= 0.6 is 0 Å². The van der Waals surface area contributed by atoms with Crippen LogP contribution in [0.4, 0.5) is 17.2 Å². The molecule has 1 saturated heterocycles. The Kier molecular flexibility index (Phi) is 5.08. The number of hydrogen-bond acceptors (Lipinski definition) is 8. The highest BCUT2D eigenvalue weighted by Crippen LogP contribution is 2.38. The van der Waals surface area contributed by atoms with Crippen molar-refractivity contribution in [3.8, 4) is 5.75 Å². The third-order valence-corrected chi connectivity index (χ3v) is 5.94. The summed E-state index contributed by atoms with van der Waals surface area (Å²) in [7, 11) is 1.59. The third-order valence-electron chi connectivity index (χ3n) is 5.94. The molecule has 5 rings (SSSR count). The summed E-state index contributed by atoms with van der Waals surface area (Å²) in [6.45, 7) is 2.44. The highest BCUT2D eigenvalue weighted by atomic mass is 16.5. The van der Waals surface area contributed by atoms with Gasteiger partial charge in [0.15, 0.2) is 5.43 Å². The van der Waals surface area contributed by atoms with Gasteiger partial charge in [0, 0.05) is 35.8 Å². The van der Waals surface area contributed by atoms with Crippen LogP contribution in [0.2, 0.25) is 0 Å². The fourth-order valence-corrected chi connectivity index (χ4v) is 4.40. The molecule has 2 aromatic carbocycles. The van der Waals surface area contributed by atoms with E-state index in [0.717, 1.165) is 17.5 Å². The molecule has 4 aromatic rings. The minimum atomic E-state index is -0.385. The van der Waals surface area contributed by atoms with Gasteiger partial charge in [0.25, 0.3) is 0 Å². The number of carbonyl (C=O) groups is 1. The molecular formula is C24H23N5O4. The number of amides is 1. The average molecular weight is 445 g/mol. The number of nitrogens with zero attached hydrogens (tertiary/aromatic N) is 3. The smallest absolute Gasteiger partial charge is 0.240 e. The Morgan fingerprint density at radius 3 is 2.85 bits per heavy atom. The van der Waals surface area contributed by atoms with Crippen molar-refractivity contribution in [2.75, 3.05) is 23.9 Å². The van der Waals surface area contributed by atoms with Gasteiger partial charge < -0.3 is 25.1 Å². The Morgan fingerprint density at radius 1 is 1.21 bits per heavy atom. The number of primary amides is 1. The van der Waals surface area contributed by atoms with Crippen molar-refractivity contribution in [2.45, 2.75) is 25.8 Å². The minimum Gasteiger partial charge on any atom is -0.495 e. The van der Waals surface area contributed by atoms with Gasteiger partial charge in [-0.3, -0.25) is 9.59 Å². The van der Waals surface area contributed by atoms with Gasteiger partial charge in [-0.1, -0.05) is 0 Å². The molecule has 1 atom stereocenters. The van der Waals surface area contributed by atoms with Gasteiger partial charge in [0.1, 0.15) is 35.3 Å². The molecule has 1 aliphatic rings. The summed E-state index contributed by atoms with van der Waals surface area (Å²) in [6, 6.07) is 10.1. The largest absolute Gasteiger partial charge is 0.495 e. The van der Waals surface area contributed by atoms with Crippen LogP contribution in [-0.4, -0.2) is 35.6 Å². The topological polar surface area (TPSA) is 124 Å². The second-order valence-corrected chi connectivity index (χ2v) is 8.07. The molecule has 2 aromatic heterocycles. The Balaban J connectivity index is 1.60. The third kappa shape index (κ3) is 3.71. The number of aryl methyl sites for hydroxylation is 1. The molecule has 0 bridgehead atoms. The normalized spacial score (nSPS) is 15.8. The van der Waals surface area contributed by atoms with Crippen molar-refractivity contribution >= 4 is 45.0 Å². The van der Waals surface area contributed by atoms with Gasteiger partial charge >= 0.3 is 0 Å². The molecule has 0 spiro atoms. The molecule has 9 nitrogen and oxygen atoms in total. The molecule has 0 radical (unpaired) electrons. The van der Waals surface area contributed by atoms with E-state index in [1.807, 2.05) is 17.0 Å². The lowest BCUT2D eigenvalue weighted by molar-refractivity contribution is -0.119. The van der Waals surface area contributed by atoms with E-state index in [1.54, 1.807) is 32.2 Å². The zero-order chi connectivity index (χ0) is 23.1. The molecule has 3 N–H and O–H groups in total. The Morgan fingerprint density at radius 2 is 2.06 bits per heavy atom. The summed E-state index contributed by atoms with van der Waals surface area (Å²) in [4.78, 5) is 35.0. The number of hydrogen-bond donors (Lipinski definition) is 2. The summed E-state index contributed by atoms with van der Waals surface area (Å²) < 4.78 is 11.3. The number of ether oxygens (including phenoxy) is 1. The molecule has 9 heteroatoms. The van der Waals surface area contributed by atoms with E-state index in [2.05, 4.69) is 15.3 Å². The first-order chi connectivity index (χ1) is 15.9. The van der Waals surface area contributed by atoms with E-state index in [1.165, 1.54) is 12.4 Å². The van der Waals surface area contributed by atoms with E-state index >= 15 is 0 Å². The van der Waals surface area contributed by atoms with Crippen LogP contribution in [-0.2, 0) is 4.79 Å². The average Bonchev–Trinajstić information content (AvgIpc) is 3.28. The predicted octanol–water partition coefficient (Wildman–Crippen LogP) is 3.25. The fourth-order valence-electron chi connectivity index (χ4n) is 4.40. The van der Waals surface area contributed by atoms with Gasteiger partial charge in [0.2, 0.25) is 5.91 Å². The van der Waals surface area contributed by atoms with E-state index in [0.29, 0.717) is 52.5 Å². The van der Waals surface area contributed by atoms with E-state index in [4.69, 9.17) is 14.9 Å². The van der Waals surface area contributed by atoms with Gasteiger partial charge in [-0.15, -0.1) is 0 Å². The van der Waals surface area contributed by atoms with Crippen molar-refractivity contribution in [3.05, 3.63) is 58.7 Å². The zero-order valence-corrected chi connectivity index (χ0v) is 18.3. The highest BCUT2D eigenvalue weighted by molar-refractivity contribution is 5.96. The van der Waals surface area contributed by atoms with E-state index < -0.39 is 0 Å². The van der Waals surface area contributed by atoms with E-state index in [9.17, 15) is 9.59 Å². The lowest BCUT2D eigenvalue weighted by atomic mass is 10.1. The van der Waals surface area contributed by atoms with Crippen molar-refractivity contribution in [1.29, 1.82) is 0 Å². The number of anilines is 3. The van der Waals surface area contributed by atoms with Crippen LogP contribution in [0.1, 0.15) is 18.6 Å². The Bertz CT molecular complexity index is 1450. The summed E-state index contributed by atoms with van der Waals surface area (Å²) in [5.41, 5.74) is 8.21. The summed E-state index contributed by atoms with van der Waals surface area (Å²) in [5.74, 6) is 1.38. The number of nitrogens with one attached hydrogen (secondary N) is 1. The van der Waals surface area contributed by atoms with Gasteiger partial charge in [0.05, 0.1) is 23.7 Å². The van der Waals surface area contributed by atoms with Gasteiger partial charge in [-0.2, -0.15) is 0 Å². The number of rotatable bonds is 5. The van der Waals surface area contributed by atoms with Crippen LogP contribution in [0.5, 0.6) is 5.75 Å².